The summed E-state index contributed by atoms with van der Waals surface area (Å²) in [5.41, 5.74) is 0.243. The van der Waals surface area contributed by atoms with Gasteiger partial charge in [-0.25, -0.2) is 4.79 Å². The lowest BCUT2D eigenvalue weighted by Gasteiger charge is -2.15. The van der Waals surface area contributed by atoms with Gasteiger partial charge in [0.2, 0.25) is 0 Å². The van der Waals surface area contributed by atoms with Crippen LogP contribution in [0.15, 0.2) is 24.3 Å². The van der Waals surface area contributed by atoms with Gasteiger partial charge < -0.3 is 14.6 Å². The van der Waals surface area contributed by atoms with Crippen LogP contribution in [0.25, 0.3) is 0 Å². The number of carbonyl (C=O) groups is 1. The maximum atomic E-state index is 10.8. The van der Waals surface area contributed by atoms with Crippen LogP contribution in [0.4, 0.5) is 0 Å². The van der Waals surface area contributed by atoms with Crippen LogP contribution in [0.5, 0.6) is 5.75 Å². The minimum Gasteiger partial charge on any atom is -0.491 e. The fraction of sp³-hybridized carbons (Fsp3) is 0.562. The number of ether oxygens (including phenoxy) is 2. The normalized spacial score (nSPS) is 16.6. The Hall–Kier alpha value is -1.55. The topological polar surface area (TPSA) is 55.8 Å². The summed E-state index contributed by atoms with van der Waals surface area (Å²) in [6, 6.07) is 6.54. The van der Waals surface area contributed by atoms with E-state index >= 15 is 0 Å². The lowest BCUT2D eigenvalue weighted by atomic mass is 10.1. The molecule has 0 saturated heterocycles. The first kappa shape index (κ1) is 14.9. The van der Waals surface area contributed by atoms with E-state index in [1.165, 1.54) is 31.7 Å². The third kappa shape index (κ3) is 4.85. The molecule has 20 heavy (non-hydrogen) atoms. The predicted octanol–water partition coefficient (Wildman–Crippen LogP) is 3.50. The maximum absolute atomic E-state index is 10.8. The molecular formula is C16H22O4. The second-order valence-electron chi connectivity index (χ2n) is 5.17. The third-order valence-electron chi connectivity index (χ3n) is 3.59. The molecule has 0 heterocycles. The monoisotopic (exact) mass is 278 g/mol. The van der Waals surface area contributed by atoms with E-state index < -0.39 is 5.97 Å². The van der Waals surface area contributed by atoms with Crippen LogP contribution < -0.4 is 4.74 Å². The van der Waals surface area contributed by atoms with Gasteiger partial charge in [0.25, 0.3) is 0 Å². The third-order valence-corrected chi connectivity index (χ3v) is 3.59. The van der Waals surface area contributed by atoms with Crippen molar-refractivity contribution in [3.63, 3.8) is 0 Å². The summed E-state index contributed by atoms with van der Waals surface area (Å²) in [4.78, 5) is 10.8. The van der Waals surface area contributed by atoms with Gasteiger partial charge >= 0.3 is 5.97 Å². The summed E-state index contributed by atoms with van der Waals surface area (Å²) in [7, 11) is 0. The van der Waals surface area contributed by atoms with Crippen LogP contribution in [0.3, 0.4) is 0 Å². The van der Waals surface area contributed by atoms with Crippen molar-refractivity contribution in [2.24, 2.45) is 0 Å². The van der Waals surface area contributed by atoms with Crippen molar-refractivity contribution in [3.8, 4) is 5.75 Å². The molecule has 1 aliphatic rings. The number of benzene rings is 1. The van der Waals surface area contributed by atoms with E-state index in [-0.39, 0.29) is 5.56 Å². The molecule has 4 heteroatoms. The highest BCUT2D eigenvalue weighted by Crippen LogP contribution is 2.19. The summed E-state index contributed by atoms with van der Waals surface area (Å²) in [5.74, 6) is -0.362. The predicted molar refractivity (Wildman–Crippen MR) is 76.3 cm³/mol. The molecule has 2 rings (SSSR count). The fourth-order valence-corrected chi connectivity index (χ4v) is 2.50. The Morgan fingerprint density at radius 3 is 2.60 bits per heavy atom. The summed E-state index contributed by atoms with van der Waals surface area (Å²) in [6.07, 6.45) is 7.81. The summed E-state index contributed by atoms with van der Waals surface area (Å²) >= 11 is 0. The zero-order valence-corrected chi connectivity index (χ0v) is 11.7. The lowest BCUT2D eigenvalue weighted by molar-refractivity contribution is 0.0254. The molecule has 0 radical (unpaired) electrons. The number of hydrogen-bond acceptors (Lipinski definition) is 3. The first-order chi connectivity index (χ1) is 9.75. The molecule has 1 N–H and O–H groups in total. The second-order valence-corrected chi connectivity index (χ2v) is 5.17. The van der Waals surface area contributed by atoms with Gasteiger partial charge in [-0.1, -0.05) is 31.7 Å². The zero-order chi connectivity index (χ0) is 14.2. The molecule has 0 bridgehead atoms. The van der Waals surface area contributed by atoms with Gasteiger partial charge in [0, 0.05) is 0 Å². The van der Waals surface area contributed by atoms with Gasteiger partial charge in [-0.15, -0.1) is 0 Å². The highest BCUT2D eigenvalue weighted by Gasteiger charge is 2.12. The first-order valence-electron chi connectivity index (χ1n) is 7.33. The van der Waals surface area contributed by atoms with E-state index in [0.717, 1.165) is 12.8 Å². The standard InChI is InChI=1S/C16H22O4/c17-16(18)13-6-5-9-15(12-13)20-11-10-19-14-7-3-1-2-4-8-14/h5-6,9,12,14H,1-4,7-8,10-11H2,(H,17,18). The molecule has 0 aliphatic heterocycles. The van der Waals surface area contributed by atoms with Crippen LogP contribution in [-0.4, -0.2) is 30.4 Å². The number of carboxylic acid groups (broad SMARTS) is 1. The van der Waals surface area contributed by atoms with Crippen LogP contribution in [0, 0.1) is 0 Å². The number of hydrogen-bond donors (Lipinski definition) is 1. The quantitative estimate of drug-likeness (QED) is 0.639. The van der Waals surface area contributed by atoms with Crippen molar-refractivity contribution in [2.75, 3.05) is 13.2 Å². The Morgan fingerprint density at radius 1 is 1.15 bits per heavy atom. The zero-order valence-electron chi connectivity index (χ0n) is 11.7. The van der Waals surface area contributed by atoms with E-state index in [1.54, 1.807) is 18.2 Å². The van der Waals surface area contributed by atoms with Gasteiger partial charge in [-0.05, 0) is 31.0 Å². The van der Waals surface area contributed by atoms with Gasteiger partial charge in [0.1, 0.15) is 12.4 Å². The first-order valence-corrected chi connectivity index (χ1v) is 7.33. The van der Waals surface area contributed by atoms with E-state index in [1.807, 2.05) is 0 Å². The van der Waals surface area contributed by atoms with Crippen LogP contribution >= 0.6 is 0 Å². The van der Waals surface area contributed by atoms with Crippen LogP contribution in [-0.2, 0) is 4.74 Å². The Labute approximate surface area is 119 Å². The minimum absolute atomic E-state index is 0.243. The highest BCUT2D eigenvalue weighted by atomic mass is 16.5. The van der Waals surface area contributed by atoms with Crippen molar-refractivity contribution in [1.82, 2.24) is 0 Å². The Bertz CT molecular complexity index is 422. The average Bonchev–Trinajstić information content (AvgIpc) is 2.72. The van der Waals surface area contributed by atoms with Crippen molar-refractivity contribution in [2.45, 2.75) is 44.6 Å². The van der Waals surface area contributed by atoms with Gasteiger partial charge in [0.05, 0.1) is 18.3 Å². The summed E-state index contributed by atoms with van der Waals surface area (Å²) < 4.78 is 11.4. The SMILES string of the molecule is O=C(O)c1cccc(OCCOC2CCCCCC2)c1. The Morgan fingerprint density at radius 2 is 1.90 bits per heavy atom. The molecule has 1 aromatic rings. The largest absolute Gasteiger partial charge is 0.491 e. The average molecular weight is 278 g/mol. The molecule has 1 aromatic carbocycles. The molecule has 0 spiro atoms. The number of carboxylic acids is 1. The van der Waals surface area contributed by atoms with Crippen molar-refractivity contribution in [3.05, 3.63) is 29.8 Å². The molecule has 4 nitrogen and oxygen atoms in total. The molecule has 0 aromatic heterocycles. The van der Waals surface area contributed by atoms with E-state index in [9.17, 15) is 4.79 Å². The van der Waals surface area contributed by atoms with Crippen molar-refractivity contribution in [1.29, 1.82) is 0 Å². The Balaban J connectivity index is 1.70. The van der Waals surface area contributed by atoms with Crippen molar-refractivity contribution >= 4 is 5.97 Å². The van der Waals surface area contributed by atoms with E-state index in [0.29, 0.717) is 25.1 Å². The molecule has 1 fully saturated rings. The minimum atomic E-state index is -0.940. The molecule has 0 atom stereocenters. The fourth-order valence-electron chi connectivity index (χ4n) is 2.50. The maximum Gasteiger partial charge on any atom is 0.335 e. The van der Waals surface area contributed by atoms with Crippen molar-refractivity contribution < 1.29 is 19.4 Å². The molecule has 0 unspecified atom stereocenters. The van der Waals surface area contributed by atoms with Gasteiger partial charge in [0.15, 0.2) is 0 Å². The molecule has 0 amide bonds. The van der Waals surface area contributed by atoms with E-state index in [4.69, 9.17) is 14.6 Å². The summed E-state index contributed by atoms with van der Waals surface area (Å²) in [5, 5.41) is 8.90. The molecule has 1 saturated carbocycles. The highest BCUT2D eigenvalue weighted by molar-refractivity contribution is 5.87. The number of aromatic carboxylic acids is 1. The van der Waals surface area contributed by atoms with E-state index in [2.05, 4.69) is 0 Å². The molecule has 110 valence electrons. The van der Waals surface area contributed by atoms with Gasteiger partial charge in [-0.2, -0.15) is 0 Å². The molecular weight excluding hydrogens is 256 g/mol. The number of rotatable bonds is 6. The van der Waals surface area contributed by atoms with Crippen LogP contribution in [0.2, 0.25) is 0 Å². The Kier molecular flexibility index (Phi) is 5.87. The smallest absolute Gasteiger partial charge is 0.335 e. The van der Waals surface area contributed by atoms with Crippen LogP contribution in [0.1, 0.15) is 48.9 Å². The second kappa shape index (κ2) is 7.90. The lowest BCUT2D eigenvalue weighted by Crippen LogP contribution is -2.16. The summed E-state index contributed by atoms with van der Waals surface area (Å²) in [6.45, 7) is 1.02. The molecule has 1 aliphatic carbocycles. The van der Waals surface area contributed by atoms with Gasteiger partial charge in [-0.3, -0.25) is 0 Å².